The molecule has 5 heteroatoms. The number of carbonyl (C=O) groups excluding carboxylic acids is 1. The normalized spacial score (nSPS) is 29.4. The molecule has 84 valence electrons. The SMILES string of the molecule is CC1CC(C#N)(C(=O)NC(CO)CO)C1. The molecule has 0 radical (unpaired) electrons. The lowest BCUT2D eigenvalue weighted by Gasteiger charge is -2.39. The lowest BCUT2D eigenvalue weighted by molar-refractivity contribution is -0.135. The number of aliphatic hydroxyl groups excluding tert-OH is 2. The zero-order chi connectivity index (χ0) is 11.5. The van der Waals surface area contributed by atoms with Crippen LogP contribution in [0.2, 0.25) is 0 Å². The van der Waals surface area contributed by atoms with Crippen LogP contribution in [-0.4, -0.2) is 35.4 Å². The van der Waals surface area contributed by atoms with Crippen molar-refractivity contribution in [3.05, 3.63) is 0 Å². The molecule has 0 saturated heterocycles. The molecule has 5 nitrogen and oxygen atoms in total. The topological polar surface area (TPSA) is 93.4 Å². The Labute approximate surface area is 88.7 Å². The first-order valence-corrected chi connectivity index (χ1v) is 5.02. The highest BCUT2D eigenvalue weighted by atomic mass is 16.3. The Balaban J connectivity index is 2.57. The number of rotatable bonds is 4. The predicted molar refractivity (Wildman–Crippen MR) is 52.5 cm³/mol. The molecule has 0 aromatic carbocycles. The van der Waals surface area contributed by atoms with Gasteiger partial charge in [-0.25, -0.2) is 0 Å². The van der Waals surface area contributed by atoms with Crippen LogP contribution < -0.4 is 5.32 Å². The Morgan fingerprint density at radius 1 is 1.60 bits per heavy atom. The fraction of sp³-hybridized carbons (Fsp3) is 0.800. The number of nitrogens with zero attached hydrogens (tertiary/aromatic N) is 1. The minimum absolute atomic E-state index is 0.320. The molecule has 1 aliphatic carbocycles. The Morgan fingerprint density at radius 3 is 2.47 bits per heavy atom. The molecule has 0 heterocycles. The van der Waals surface area contributed by atoms with Gasteiger partial charge in [-0.3, -0.25) is 4.79 Å². The van der Waals surface area contributed by atoms with Crippen LogP contribution in [0.3, 0.4) is 0 Å². The van der Waals surface area contributed by atoms with Crippen LogP contribution in [0.25, 0.3) is 0 Å². The van der Waals surface area contributed by atoms with Gasteiger partial charge >= 0.3 is 0 Å². The van der Waals surface area contributed by atoms with E-state index in [1.165, 1.54) is 0 Å². The van der Waals surface area contributed by atoms with E-state index in [0.29, 0.717) is 18.8 Å². The van der Waals surface area contributed by atoms with E-state index in [2.05, 4.69) is 5.32 Å². The Morgan fingerprint density at radius 2 is 2.13 bits per heavy atom. The highest BCUT2D eigenvalue weighted by Gasteiger charge is 2.49. The summed E-state index contributed by atoms with van der Waals surface area (Å²) in [7, 11) is 0. The molecule has 0 unspecified atom stereocenters. The Kier molecular flexibility index (Phi) is 3.66. The monoisotopic (exact) mass is 212 g/mol. The first-order valence-electron chi connectivity index (χ1n) is 5.02. The van der Waals surface area contributed by atoms with Gasteiger partial charge in [0.25, 0.3) is 0 Å². The van der Waals surface area contributed by atoms with E-state index >= 15 is 0 Å². The maximum Gasteiger partial charge on any atom is 0.240 e. The molecule has 0 bridgehead atoms. The summed E-state index contributed by atoms with van der Waals surface area (Å²) in [4.78, 5) is 11.7. The summed E-state index contributed by atoms with van der Waals surface area (Å²) in [6, 6.07) is 1.36. The highest BCUT2D eigenvalue weighted by molar-refractivity contribution is 5.86. The molecular formula is C10H16N2O3. The summed E-state index contributed by atoms with van der Waals surface area (Å²) >= 11 is 0. The van der Waals surface area contributed by atoms with Gasteiger partial charge in [-0.15, -0.1) is 0 Å². The maximum atomic E-state index is 11.7. The van der Waals surface area contributed by atoms with E-state index in [1.807, 2.05) is 13.0 Å². The Hall–Kier alpha value is -1.12. The lowest BCUT2D eigenvalue weighted by Crippen LogP contribution is -2.52. The van der Waals surface area contributed by atoms with Crippen LogP contribution in [0.1, 0.15) is 19.8 Å². The molecule has 1 fully saturated rings. The van der Waals surface area contributed by atoms with Gasteiger partial charge in [-0.1, -0.05) is 6.92 Å². The average Bonchev–Trinajstić information content (AvgIpc) is 2.20. The molecule has 3 N–H and O–H groups in total. The largest absolute Gasteiger partial charge is 0.394 e. The van der Waals surface area contributed by atoms with Gasteiger partial charge < -0.3 is 15.5 Å². The Bertz CT molecular complexity index is 275. The van der Waals surface area contributed by atoms with Gasteiger partial charge in [0.15, 0.2) is 0 Å². The summed E-state index contributed by atoms with van der Waals surface area (Å²) < 4.78 is 0. The van der Waals surface area contributed by atoms with Gasteiger partial charge in [0.1, 0.15) is 5.41 Å². The summed E-state index contributed by atoms with van der Waals surface area (Å²) in [5, 5.41) is 29.0. The van der Waals surface area contributed by atoms with Crippen molar-refractivity contribution in [3.8, 4) is 6.07 Å². The quantitative estimate of drug-likeness (QED) is 0.580. The summed E-state index contributed by atoms with van der Waals surface area (Å²) in [6.07, 6.45) is 1.11. The standard InChI is InChI=1S/C10H16N2O3/c1-7-2-10(3-7,6-11)9(15)12-8(4-13)5-14/h7-8,13-14H,2-5H2,1H3,(H,12,15). The van der Waals surface area contributed by atoms with E-state index in [9.17, 15) is 4.79 Å². The second-order valence-corrected chi connectivity index (χ2v) is 4.24. The third-order valence-corrected chi connectivity index (χ3v) is 2.82. The van der Waals surface area contributed by atoms with E-state index < -0.39 is 11.5 Å². The van der Waals surface area contributed by atoms with Gasteiger partial charge in [0.05, 0.1) is 25.3 Å². The number of aliphatic hydroxyl groups is 2. The molecule has 0 aromatic rings. The maximum absolute atomic E-state index is 11.7. The van der Waals surface area contributed by atoms with Gasteiger partial charge in [0, 0.05) is 0 Å². The fourth-order valence-electron chi connectivity index (χ4n) is 1.93. The van der Waals surface area contributed by atoms with Crippen molar-refractivity contribution in [2.75, 3.05) is 13.2 Å². The van der Waals surface area contributed by atoms with Crippen LogP contribution in [0, 0.1) is 22.7 Å². The van der Waals surface area contributed by atoms with Crippen molar-refractivity contribution in [2.45, 2.75) is 25.8 Å². The number of amides is 1. The van der Waals surface area contributed by atoms with Crippen LogP contribution in [0.4, 0.5) is 0 Å². The summed E-state index contributed by atoms with van der Waals surface area (Å²) in [5.41, 5.74) is -0.942. The third-order valence-electron chi connectivity index (χ3n) is 2.82. The van der Waals surface area contributed by atoms with E-state index in [0.717, 1.165) is 0 Å². The van der Waals surface area contributed by atoms with Gasteiger partial charge in [-0.05, 0) is 18.8 Å². The zero-order valence-corrected chi connectivity index (χ0v) is 8.73. The fourth-order valence-corrected chi connectivity index (χ4v) is 1.93. The second-order valence-electron chi connectivity index (χ2n) is 4.24. The van der Waals surface area contributed by atoms with E-state index in [4.69, 9.17) is 15.5 Å². The van der Waals surface area contributed by atoms with Crippen molar-refractivity contribution < 1.29 is 15.0 Å². The average molecular weight is 212 g/mol. The molecule has 15 heavy (non-hydrogen) atoms. The molecule has 1 rings (SSSR count). The van der Waals surface area contributed by atoms with Gasteiger partial charge in [-0.2, -0.15) is 5.26 Å². The molecule has 0 aromatic heterocycles. The van der Waals surface area contributed by atoms with Gasteiger partial charge in [0.2, 0.25) is 5.91 Å². The lowest BCUT2D eigenvalue weighted by atomic mass is 9.63. The molecule has 0 aliphatic heterocycles. The predicted octanol–water partition coefficient (Wildman–Crippen LogP) is -0.604. The molecule has 1 amide bonds. The molecule has 1 saturated carbocycles. The highest BCUT2D eigenvalue weighted by Crippen LogP contribution is 2.45. The summed E-state index contributed by atoms with van der Waals surface area (Å²) in [6.45, 7) is 1.34. The van der Waals surface area contributed by atoms with Crippen LogP contribution in [0.5, 0.6) is 0 Å². The number of nitrogens with one attached hydrogen (secondary N) is 1. The first-order chi connectivity index (χ1) is 7.07. The summed E-state index contributed by atoms with van der Waals surface area (Å²) in [5.74, 6) is 0.00769. The second kappa shape index (κ2) is 4.60. The van der Waals surface area contributed by atoms with Crippen molar-refractivity contribution in [2.24, 2.45) is 11.3 Å². The minimum Gasteiger partial charge on any atom is -0.394 e. The van der Waals surface area contributed by atoms with Crippen molar-refractivity contribution >= 4 is 5.91 Å². The third kappa shape index (κ3) is 2.28. The zero-order valence-electron chi connectivity index (χ0n) is 8.73. The van der Waals surface area contributed by atoms with Crippen LogP contribution >= 0.6 is 0 Å². The van der Waals surface area contributed by atoms with Crippen molar-refractivity contribution in [1.82, 2.24) is 5.32 Å². The molecular weight excluding hydrogens is 196 g/mol. The van der Waals surface area contributed by atoms with Crippen LogP contribution in [0.15, 0.2) is 0 Å². The number of hydrogen-bond donors (Lipinski definition) is 3. The van der Waals surface area contributed by atoms with E-state index in [1.54, 1.807) is 0 Å². The minimum atomic E-state index is -0.942. The smallest absolute Gasteiger partial charge is 0.240 e. The number of hydrogen-bond acceptors (Lipinski definition) is 4. The molecule has 0 atom stereocenters. The van der Waals surface area contributed by atoms with Crippen molar-refractivity contribution in [1.29, 1.82) is 5.26 Å². The van der Waals surface area contributed by atoms with Crippen LogP contribution in [-0.2, 0) is 4.79 Å². The number of carbonyl (C=O) groups is 1. The van der Waals surface area contributed by atoms with E-state index in [-0.39, 0.29) is 19.1 Å². The first kappa shape index (κ1) is 12.0. The molecule has 1 aliphatic rings. The molecule has 0 spiro atoms. The van der Waals surface area contributed by atoms with Crippen molar-refractivity contribution in [3.63, 3.8) is 0 Å². The number of nitriles is 1.